The topological polar surface area (TPSA) is 54.0 Å². The van der Waals surface area contributed by atoms with Crippen molar-refractivity contribution in [1.29, 1.82) is 0 Å². The van der Waals surface area contributed by atoms with Gasteiger partial charge in [-0.2, -0.15) is 0 Å². The van der Waals surface area contributed by atoms with Gasteiger partial charge in [0.1, 0.15) is 5.82 Å². The number of halogens is 2. The number of rotatable bonds is 4. The van der Waals surface area contributed by atoms with Crippen LogP contribution in [0.5, 0.6) is 0 Å². The van der Waals surface area contributed by atoms with Gasteiger partial charge in [-0.05, 0) is 59.8 Å². The number of amides is 1. The van der Waals surface area contributed by atoms with E-state index in [1.54, 1.807) is 30.5 Å². The molecule has 2 aromatic rings. The van der Waals surface area contributed by atoms with E-state index < -0.39 is 0 Å². The van der Waals surface area contributed by atoms with Gasteiger partial charge in [0.05, 0.1) is 16.3 Å². The molecule has 0 bridgehead atoms. The lowest BCUT2D eigenvalue weighted by Gasteiger charge is -2.11. The van der Waals surface area contributed by atoms with Crippen molar-refractivity contribution in [2.75, 3.05) is 17.2 Å². The van der Waals surface area contributed by atoms with Crippen LogP contribution in [0.1, 0.15) is 17.3 Å². The molecule has 1 heterocycles. The summed E-state index contributed by atoms with van der Waals surface area (Å²) in [7, 11) is 0. The van der Waals surface area contributed by atoms with Crippen LogP contribution in [-0.2, 0) is 0 Å². The zero-order chi connectivity index (χ0) is 14.5. The Labute approximate surface area is 136 Å². The summed E-state index contributed by atoms with van der Waals surface area (Å²) >= 11 is 8.28. The predicted octanol–water partition coefficient (Wildman–Crippen LogP) is 4.02. The fourth-order valence-corrected chi connectivity index (χ4v) is 2.58. The molecule has 4 nitrogen and oxygen atoms in total. The fraction of sp³-hybridized carbons (Fsp3) is 0.143. The Morgan fingerprint density at radius 3 is 2.90 bits per heavy atom. The van der Waals surface area contributed by atoms with Gasteiger partial charge in [-0.1, -0.05) is 11.6 Å². The molecule has 20 heavy (non-hydrogen) atoms. The Morgan fingerprint density at radius 2 is 2.20 bits per heavy atom. The third-order valence-electron chi connectivity index (χ3n) is 2.58. The van der Waals surface area contributed by atoms with E-state index in [0.717, 1.165) is 3.57 Å². The van der Waals surface area contributed by atoms with E-state index in [0.29, 0.717) is 28.6 Å². The molecule has 0 aliphatic carbocycles. The van der Waals surface area contributed by atoms with Crippen molar-refractivity contribution < 1.29 is 4.79 Å². The van der Waals surface area contributed by atoms with Crippen LogP contribution in [0.2, 0.25) is 5.02 Å². The van der Waals surface area contributed by atoms with Crippen molar-refractivity contribution in [3.8, 4) is 0 Å². The molecule has 0 aliphatic heterocycles. The second-order valence-electron chi connectivity index (χ2n) is 4.01. The molecule has 1 aromatic heterocycles. The third-order valence-corrected chi connectivity index (χ3v) is 3.56. The maximum atomic E-state index is 12.3. The zero-order valence-electron chi connectivity index (χ0n) is 10.8. The summed E-state index contributed by atoms with van der Waals surface area (Å²) < 4.78 is 1.01. The summed E-state index contributed by atoms with van der Waals surface area (Å²) in [6.45, 7) is 2.65. The van der Waals surface area contributed by atoms with E-state index in [1.165, 1.54) is 0 Å². The fourth-order valence-electron chi connectivity index (χ4n) is 1.68. The average Bonchev–Trinajstić information content (AvgIpc) is 2.43. The molecule has 0 radical (unpaired) electrons. The lowest BCUT2D eigenvalue weighted by atomic mass is 10.2. The predicted molar refractivity (Wildman–Crippen MR) is 90.5 cm³/mol. The molecule has 104 valence electrons. The highest BCUT2D eigenvalue weighted by Gasteiger charge is 2.13. The first-order chi connectivity index (χ1) is 9.61. The van der Waals surface area contributed by atoms with Crippen LogP contribution >= 0.6 is 34.2 Å². The summed E-state index contributed by atoms with van der Waals surface area (Å²) in [6.07, 6.45) is 1.65. The average molecular weight is 402 g/mol. The van der Waals surface area contributed by atoms with Gasteiger partial charge in [-0.15, -0.1) is 0 Å². The number of nitrogens with zero attached hydrogens (tertiary/aromatic N) is 1. The molecule has 0 aliphatic rings. The Kier molecular flexibility index (Phi) is 5.19. The number of anilines is 2. The maximum absolute atomic E-state index is 12.3. The standard InChI is InChI=1S/C14H13ClIN3O/c1-2-17-13-10(4-3-7-18-13)14(20)19-12-6-5-9(16)8-11(12)15/h3-8H,2H2,1H3,(H,17,18)(H,19,20). The van der Waals surface area contributed by atoms with Gasteiger partial charge in [-0.3, -0.25) is 4.79 Å². The molecular weight excluding hydrogens is 389 g/mol. The highest BCUT2D eigenvalue weighted by atomic mass is 127. The van der Waals surface area contributed by atoms with Crippen molar-refractivity contribution >= 4 is 51.6 Å². The van der Waals surface area contributed by atoms with Gasteiger partial charge in [0.15, 0.2) is 0 Å². The molecule has 0 unspecified atom stereocenters. The molecule has 2 rings (SSSR count). The van der Waals surface area contributed by atoms with Gasteiger partial charge < -0.3 is 10.6 Å². The normalized spacial score (nSPS) is 10.2. The van der Waals surface area contributed by atoms with Crippen LogP contribution in [0.3, 0.4) is 0 Å². The quantitative estimate of drug-likeness (QED) is 0.761. The van der Waals surface area contributed by atoms with Crippen molar-refractivity contribution in [3.63, 3.8) is 0 Å². The van der Waals surface area contributed by atoms with Crippen molar-refractivity contribution in [2.45, 2.75) is 6.92 Å². The minimum atomic E-state index is -0.239. The zero-order valence-corrected chi connectivity index (χ0v) is 13.7. The first-order valence-corrected chi connectivity index (χ1v) is 7.52. The minimum Gasteiger partial charge on any atom is -0.370 e. The first-order valence-electron chi connectivity index (χ1n) is 6.07. The highest BCUT2D eigenvalue weighted by molar-refractivity contribution is 14.1. The van der Waals surface area contributed by atoms with Crippen LogP contribution in [-0.4, -0.2) is 17.4 Å². The number of carbonyl (C=O) groups excluding carboxylic acids is 1. The van der Waals surface area contributed by atoms with Gasteiger partial charge in [0, 0.05) is 16.3 Å². The highest BCUT2D eigenvalue weighted by Crippen LogP contribution is 2.25. The Hall–Kier alpha value is -1.34. The Bertz CT molecular complexity index is 634. The summed E-state index contributed by atoms with van der Waals surface area (Å²) in [4.78, 5) is 16.5. The number of nitrogens with one attached hydrogen (secondary N) is 2. The molecule has 0 fully saturated rings. The smallest absolute Gasteiger partial charge is 0.259 e. The lowest BCUT2D eigenvalue weighted by molar-refractivity contribution is 0.102. The summed E-state index contributed by atoms with van der Waals surface area (Å²) in [5.74, 6) is 0.325. The molecule has 0 spiro atoms. The Balaban J connectivity index is 2.24. The second kappa shape index (κ2) is 6.90. The molecule has 1 aromatic carbocycles. The molecular formula is C14H13ClIN3O. The van der Waals surface area contributed by atoms with Crippen molar-refractivity contribution in [3.05, 3.63) is 50.7 Å². The van der Waals surface area contributed by atoms with Crippen molar-refractivity contribution in [1.82, 2.24) is 4.98 Å². The van der Waals surface area contributed by atoms with Gasteiger partial charge in [0.25, 0.3) is 5.91 Å². The van der Waals surface area contributed by atoms with Crippen LogP contribution in [0, 0.1) is 3.57 Å². The van der Waals surface area contributed by atoms with E-state index in [9.17, 15) is 4.79 Å². The van der Waals surface area contributed by atoms with E-state index in [4.69, 9.17) is 11.6 Å². The van der Waals surface area contributed by atoms with Gasteiger partial charge in [0.2, 0.25) is 0 Å². The number of benzene rings is 1. The maximum Gasteiger partial charge on any atom is 0.259 e. The SMILES string of the molecule is CCNc1ncccc1C(=O)Nc1ccc(I)cc1Cl. The second-order valence-corrected chi connectivity index (χ2v) is 5.66. The molecule has 0 atom stereocenters. The molecule has 0 saturated carbocycles. The molecule has 1 amide bonds. The van der Waals surface area contributed by atoms with Crippen molar-refractivity contribution in [2.24, 2.45) is 0 Å². The van der Waals surface area contributed by atoms with E-state index in [1.807, 2.05) is 13.0 Å². The van der Waals surface area contributed by atoms with Gasteiger partial charge >= 0.3 is 0 Å². The monoisotopic (exact) mass is 401 g/mol. The first kappa shape index (κ1) is 15.1. The van der Waals surface area contributed by atoms with E-state index in [2.05, 4.69) is 38.2 Å². The molecule has 2 N–H and O–H groups in total. The largest absolute Gasteiger partial charge is 0.370 e. The Morgan fingerprint density at radius 1 is 1.40 bits per heavy atom. The molecule has 0 saturated heterocycles. The number of hydrogen-bond acceptors (Lipinski definition) is 3. The number of aromatic nitrogens is 1. The summed E-state index contributed by atoms with van der Waals surface area (Å²) in [6, 6.07) is 8.92. The van der Waals surface area contributed by atoms with E-state index in [-0.39, 0.29) is 5.91 Å². The molecule has 6 heteroatoms. The van der Waals surface area contributed by atoms with Gasteiger partial charge in [-0.25, -0.2) is 4.98 Å². The van der Waals surface area contributed by atoms with E-state index >= 15 is 0 Å². The number of carbonyl (C=O) groups is 1. The number of hydrogen-bond donors (Lipinski definition) is 2. The summed E-state index contributed by atoms with van der Waals surface area (Å²) in [5, 5.41) is 6.37. The van der Waals surface area contributed by atoms with Crippen LogP contribution in [0.25, 0.3) is 0 Å². The number of pyridine rings is 1. The lowest BCUT2D eigenvalue weighted by Crippen LogP contribution is -2.15. The van der Waals surface area contributed by atoms with Crippen LogP contribution < -0.4 is 10.6 Å². The van der Waals surface area contributed by atoms with Crippen LogP contribution in [0.4, 0.5) is 11.5 Å². The summed E-state index contributed by atoms with van der Waals surface area (Å²) in [5.41, 5.74) is 1.08. The van der Waals surface area contributed by atoms with Crippen LogP contribution in [0.15, 0.2) is 36.5 Å². The minimum absolute atomic E-state index is 0.239. The third kappa shape index (κ3) is 3.61.